The Morgan fingerprint density at radius 2 is 2.23 bits per heavy atom. The molecule has 0 saturated heterocycles. The Morgan fingerprint density at radius 3 is 2.77 bits per heavy atom. The molecule has 76 valence electrons. The summed E-state index contributed by atoms with van der Waals surface area (Å²) in [6, 6.07) is -0.375. The number of hydrogen-bond acceptors (Lipinski definition) is 4. The van der Waals surface area contributed by atoms with Crippen LogP contribution in [0.15, 0.2) is 0 Å². The first kappa shape index (κ1) is 12.1. The highest BCUT2D eigenvalue weighted by molar-refractivity contribution is 5.68. The number of aldehydes is 1. The van der Waals surface area contributed by atoms with Gasteiger partial charge in [0.15, 0.2) is 0 Å². The summed E-state index contributed by atoms with van der Waals surface area (Å²) >= 11 is 0. The number of hydrogen-bond donors (Lipinski definition) is 3. The first-order valence-corrected chi connectivity index (χ1v) is 4.30. The normalized spacial score (nSPS) is 12.4. The molecule has 0 heterocycles. The van der Waals surface area contributed by atoms with E-state index < -0.39 is 5.97 Å². The van der Waals surface area contributed by atoms with Crippen molar-refractivity contribution in [3.05, 3.63) is 0 Å². The second-order valence-electron chi connectivity index (χ2n) is 2.87. The van der Waals surface area contributed by atoms with E-state index in [4.69, 9.17) is 10.8 Å². The van der Waals surface area contributed by atoms with Crippen molar-refractivity contribution in [3.8, 4) is 0 Å². The monoisotopic (exact) mass is 188 g/mol. The van der Waals surface area contributed by atoms with Gasteiger partial charge in [-0.3, -0.25) is 4.79 Å². The van der Waals surface area contributed by atoms with E-state index in [2.05, 4.69) is 5.32 Å². The van der Waals surface area contributed by atoms with Gasteiger partial charge in [-0.15, -0.1) is 0 Å². The number of rotatable bonds is 8. The first-order chi connectivity index (χ1) is 6.16. The van der Waals surface area contributed by atoms with Crippen molar-refractivity contribution in [2.75, 3.05) is 13.1 Å². The molecule has 13 heavy (non-hydrogen) atoms. The number of carboxylic acid groups (broad SMARTS) is 1. The van der Waals surface area contributed by atoms with Gasteiger partial charge < -0.3 is 21.0 Å². The van der Waals surface area contributed by atoms with E-state index in [9.17, 15) is 9.59 Å². The molecule has 0 bridgehead atoms. The molecule has 1 atom stereocenters. The van der Waals surface area contributed by atoms with Gasteiger partial charge in [-0.25, -0.2) is 0 Å². The largest absolute Gasteiger partial charge is 0.480 e. The fourth-order valence-corrected chi connectivity index (χ4v) is 0.893. The van der Waals surface area contributed by atoms with Crippen LogP contribution in [-0.4, -0.2) is 36.5 Å². The topological polar surface area (TPSA) is 92.4 Å². The minimum absolute atomic E-state index is 0.0142. The molecule has 1 unspecified atom stereocenters. The molecule has 5 heteroatoms. The molecule has 0 rings (SSSR count). The van der Waals surface area contributed by atoms with Crippen LogP contribution < -0.4 is 11.1 Å². The molecule has 0 aromatic rings. The lowest BCUT2D eigenvalue weighted by atomic mass is 10.1. The van der Waals surface area contributed by atoms with Gasteiger partial charge in [0.1, 0.15) is 6.29 Å². The molecule has 0 aromatic heterocycles. The van der Waals surface area contributed by atoms with Crippen molar-refractivity contribution in [2.24, 2.45) is 5.73 Å². The van der Waals surface area contributed by atoms with Crippen molar-refractivity contribution >= 4 is 12.3 Å². The van der Waals surface area contributed by atoms with Crippen molar-refractivity contribution in [1.82, 2.24) is 5.32 Å². The maximum Gasteiger partial charge on any atom is 0.317 e. The lowest BCUT2D eigenvalue weighted by Gasteiger charge is -2.03. The summed E-state index contributed by atoms with van der Waals surface area (Å²) in [5.74, 6) is -0.857. The summed E-state index contributed by atoms with van der Waals surface area (Å²) < 4.78 is 0. The van der Waals surface area contributed by atoms with Gasteiger partial charge in [0.2, 0.25) is 0 Å². The zero-order chi connectivity index (χ0) is 10.1. The van der Waals surface area contributed by atoms with Crippen LogP contribution in [0.2, 0.25) is 0 Å². The summed E-state index contributed by atoms with van der Waals surface area (Å²) in [5.41, 5.74) is 5.35. The lowest BCUT2D eigenvalue weighted by molar-refractivity contribution is -0.135. The number of carboxylic acids is 1. The van der Waals surface area contributed by atoms with Crippen LogP contribution >= 0.6 is 0 Å². The highest BCUT2D eigenvalue weighted by Crippen LogP contribution is 1.95. The molecule has 0 aromatic carbocycles. The summed E-state index contributed by atoms with van der Waals surface area (Å²) in [7, 11) is 0. The molecular weight excluding hydrogens is 172 g/mol. The quantitative estimate of drug-likeness (QED) is 0.348. The molecule has 0 spiro atoms. The SMILES string of the molecule is NC(C=O)CCCCNCC(=O)O. The second-order valence-corrected chi connectivity index (χ2v) is 2.87. The molecular formula is C8H16N2O3. The Hall–Kier alpha value is -0.940. The first-order valence-electron chi connectivity index (χ1n) is 4.30. The van der Waals surface area contributed by atoms with E-state index in [1.54, 1.807) is 0 Å². The van der Waals surface area contributed by atoms with Crippen LogP contribution in [0.1, 0.15) is 19.3 Å². The average Bonchev–Trinajstić information content (AvgIpc) is 2.10. The van der Waals surface area contributed by atoms with Crippen molar-refractivity contribution in [3.63, 3.8) is 0 Å². The predicted octanol–water partition coefficient (Wildman–Crippen LogP) is -0.643. The predicted molar refractivity (Wildman–Crippen MR) is 48.4 cm³/mol. The minimum atomic E-state index is -0.857. The molecule has 0 aliphatic heterocycles. The van der Waals surface area contributed by atoms with Gasteiger partial charge in [-0.1, -0.05) is 6.42 Å². The Bertz CT molecular complexity index is 161. The third kappa shape index (κ3) is 8.97. The van der Waals surface area contributed by atoms with Crippen LogP contribution in [0.4, 0.5) is 0 Å². The van der Waals surface area contributed by atoms with Crippen LogP contribution in [0.25, 0.3) is 0 Å². The maximum absolute atomic E-state index is 10.1. The van der Waals surface area contributed by atoms with Crippen LogP contribution in [-0.2, 0) is 9.59 Å². The number of nitrogens with two attached hydrogens (primary N) is 1. The Morgan fingerprint density at radius 1 is 1.54 bits per heavy atom. The van der Waals surface area contributed by atoms with Crippen molar-refractivity contribution in [2.45, 2.75) is 25.3 Å². The summed E-state index contributed by atoms with van der Waals surface area (Å²) in [5, 5.41) is 11.0. The zero-order valence-corrected chi connectivity index (χ0v) is 7.53. The zero-order valence-electron chi connectivity index (χ0n) is 7.53. The highest BCUT2D eigenvalue weighted by atomic mass is 16.4. The minimum Gasteiger partial charge on any atom is -0.480 e. The Balaban J connectivity index is 3.08. The number of nitrogens with one attached hydrogen (secondary N) is 1. The van der Waals surface area contributed by atoms with E-state index in [1.165, 1.54) is 0 Å². The standard InChI is InChI=1S/C8H16N2O3/c9-7(6-11)3-1-2-4-10-5-8(12)13/h6-7,10H,1-5,9H2,(H,12,13). The molecule has 0 saturated carbocycles. The average molecular weight is 188 g/mol. The van der Waals surface area contributed by atoms with E-state index in [0.717, 1.165) is 19.1 Å². The van der Waals surface area contributed by atoms with E-state index in [-0.39, 0.29) is 12.6 Å². The van der Waals surface area contributed by atoms with Gasteiger partial charge in [-0.05, 0) is 19.4 Å². The van der Waals surface area contributed by atoms with E-state index >= 15 is 0 Å². The molecule has 0 amide bonds. The van der Waals surface area contributed by atoms with Crippen molar-refractivity contribution < 1.29 is 14.7 Å². The molecule has 4 N–H and O–H groups in total. The summed E-state index contributed by atoms with van der Waals surface area (Å²) in [6.45, 7) is 0.637. The van der Waals surface area contributed by atoms with Crippen molar-refractivity contribution in [1.29, 1.82) is 0 Å². The summed E-state index contributed by atoms with van der Waals surface area (Å²) in [6.07, 6.45) is 3.07. The van der Waals surface area contributed by atoms with Gasteiger partial charge >= 0.3 is 5.97 Å². The molecule has 5 nitrogen and oxygen atoms in total. The van der Waals surface area contributed by atoms with Gasteiger partial charge in [0.05, 0.1) is 12.6 Å². The Labute approximate surface area is 77.3 Å². The van der Waals surface area contributed by atoms with Crippen LogP contribution in [0.5, 0.6) is 0 Å². The fraction of sp³-hybridized carbons (Fsp3) is 0.750. The number of carbonyl (C=O) groups excluding carboxylic acids is 1. The lowest BCUT2D eigenvalue weighted by Crippen LogP contribution is -2.24. The molecule has 0 aliphatic carbocycles. The number of unbranched alkanes of at least 4 members (excludes halogenated alkanes) is 1. The second kappa shape index (κ2) is 7.70. The third-order valence-electron chi connectivity index (χ3n) is 1.59. The molecule has 0 radical (unpaired) electrons. The van der Waals surface area contributed by atoms with Gasteiger partial charge in [0.25, 0.3) is 0 Å². The summed E-state index contributed by atoms with van der Waals surface area (Å²) in [4.78, 5) is 20.2. The Kier molecular flexibility index (Phi) is 7.14. The smallest absolute Gasteiger partial charge is 0.317 e. The van der Waals surface area contributed by atoms with Crippen LogP contribution in [0, 0.1) is 0 Å². The highest BCUT2D eigenvalue weighted by Gasteiger charge is 1.99. The fourth-order valence-electron chi connectivity index (χ4n) is 0.893. The molecule has 0 aliphatic rings. The maximum atomic E-state index is 10.1. The van der Waals surface area contributed by atoms with Gasteiger partial charge in [0, 0.05) is 0 Å². The van der Waals surface area contributed by atoms with E-state index in [0.29, 0.717) is 13.0 Å². The third-order valence-corrected chi connectivity index (χ3v) is 1.59. The number of carbonyl (C=O) groups is 2. The van der Waals surface area contributed by atoms with Gasteiger partial charge in [-0.2, -0.15) is 0 Å². The molecule has 0 fully saturated rings. The number of aliphatic carboxylic acids is 1. The van der Waals surface area contributed by atoms with E-state index in [1.807, 2.05) is 0 Å². The van der Waals surface area contributed by atoms with Crippen LogP contribution in [0.3, 0.4) is 0 Å².